The van der Waals surface area contributed by atoms with E-state index in [1.54, 1.807) is 12.1 Å². The van der Waals surface area contributed by atoms with Crippen molar-refractivity contribution in [3.8, 4) is 0 Å². The van der Waals surface area contributed by atoms with Gasteiger partial charge in [0.05, 0.1) is 5.71 Å². The second-order valence-electron chi connectivity index (χ2n) is 3.35. The van der Waals surface area contributed by atoms with Crippen LogP contribution in [0.5, 0.6) is 0 Å². The van der Waals surface area contributed by atoms with Crippen LogP contribution in [0.1, 0.15) is 24.3 Å². The normalized spacial score (nSPS) is 23.6. The monoisotopic (exact) mass is 229 g/mol. The zero-order valence-corrected chi connectivity index (χ0v) is 8.89. The Labute approximate surface area is 92.1 Å². The van der Waals surface area contributed by atoms with E-state index in [0.717, 1.165) is 24.1 Å². The molecule has 1 aromatic rings. The van der Waals surface area contributed by atoms with Gasteiger partial charge in [-0.2, -0.15) is 0 Å². The van der Waals surface area contributed by atoms with Crippen LogP contribution >= 0.6 is 23.2 Å². The van der Waals surface area contributed by atoms with Gasteiger partial charge in [0.15, 0.2) is 0 Å². The Morgan fingerprint density at radius 3 is 2.64 bits per heavy atom. The van der Waals surface area contributed by atoms with Crippen LogP contribution in [-0.2, 0) is 0 Å². The Kier molecular flexibility index (Phi) is 2.66. The summed E-state index contributed by atoms with van der Waals surface area (Å²) >= 11 is 11.8. The SMILES string of the molecule is O/N=C1\CCC1c1ccc(Cl)cc1Cl. The van der Waals surface area contributed by atoms with E-state index in [1.165, 1.54) is 0 Å². The zero-order valence-electron chi connectivity index (χ0n) is 7.37. The number of hydrogen-bond acceptors (Lipinski definition) is 2. The van der Waals surface area contributed by atoms with Crippen LogP contribution in [-0.4, -0.2) is 10.9 Å². The molecular weight excluding hydrogens is 221 g/mol. The van der Waals surface area contributed by atoms with Crippen LogP contribution in [0.25, 0.3) is 0 Å². The van der Waals surface area contributed by atoms with Crippen LogP contribution in [0.3, 0.4) is 0 Å². The van der Waals surface area contributed by atoms with Gasteiger partial charge in [0, 0.05) is 16.0 Å². The summed E-state index contributed by atoms with van der Waals surface area (Å²) in [5, 5.41) is 13.2. The molecule has 0 amide bonds. The van der Waals surface area contributed by atoms with E-state index in [1.807, 2.05) is 6.07 Å². The van der Waals surface area contributed by atoms with E-state index in [2.05, 4.69) is 5.16 Å². The molecule has 0 aliphatic heterocycles. The number of halogens is 2. The summed E-state index contributed by atoms with van der Waals surface area (Å²) < 4.78 is 0. The summed E-state index contributed by atoms with van der Waals surface area (Å²) in [5.41, 5.74) is 1.80. The van der Waals surface area contributed by atoms with Gasteiger partial charge >= 0.3 is 0 Å². The second kappa shape index (κ2) is 3.79. The molecule has 1 aromatic carbocycles. The maximum absolute atomic E-state index is 8.68. The van der Waals surface area contributed by atoms with Crippen molar-refractivity contribution in [2.45, 2.75) is 18.8 Å². The molecule has 0 saturated heterocycles. The van der Waals surface area contributed by atoms with Gasteiger partial charge in [-0.3, -0.25) is 0 Å². The van der Waals surface area contributed by atoms with Crippen LogP contribution in [0, 0.1) is 0 Å². The average molecular weight is 230 g/mol. The van der Waals surface area contributed by atoms with E-state index in [0.29, 0.717) is 10.0 Å². The standard InChI is InChI=1S/C10H9Cl2NO/c11-6-1-2-7(9(12)5-6)8-3-4-10(8)13-14/h1-2,5,8,14H,3-4H2/b13-10+. The summed E-state index contributed by atoms with van der Waals surface area (Å²) in [6.07, 6.45) is 1.83. The van der Waals surface area contributed by atoms with Gasteiger partial charge < -0.3 is 5.21 Å². The Hall–Kier alpha value is -0.730. The quantitative estimate of drug-likeness (QED) is 0.579. The largest absolute Gasteiger partial charge is 0.411 e. The predicted octanol–water partition coefficient (Wildman–Crippen LogP) is 3.70. The Morgan fingerprint density at radius 1 is 1.36 bits per heavy atom. The third-order valence-electron chi connectivity index (χ3n) is 2.56. The van der Waals surface area contributed by atoms with Crippen LogP contribution in [0.2, 0.25) is 10.0 Å². The molecule has 1 N–H and O–H groups in total. The molecule has 2 nitrogen and oxygen atoms in total. The first kappa shape index (κ1) is 9.81. The molecule has 74 valence electrons. The molecule has 1 atom stereocenters. The highest BCUT2D eigenvalue weighted by atomic mass is 35.5. The van der Waals surface area contributed by atoms with Gasteiger partial charge in [-0.25, -0.2) is 0 Å². The molecule has 1 fully saturated rings. The lowest BCUT2D eigenvalue weighted by molar-refractivity contribution is 0.310. The van der Waals surface area contributed by atoms with Gasteiger partial charge in [-0.05, 0) is 30.5 Å². The van der Waals surface area contributed by atoms with Crippen molar-refractivity contribution in [3.05, 3.63) is 33.8 Å². The fourth-order valence-electron chi connectivity index (χ4n) is 1.66. The minimum Gasteiger partial charge on any atom is -0.411 e. The van der Waals surface area contributed by atoms with Crippen molar-refractivity contribution in [3.63, 3.8) is 0 Å². The number of oxime groups is 1. The lowest BCUT2D eigenvalue weighted by Gasteiger charge is -2.27. The zero-order chi connectivity index (χ0) is 10.1. The van der Waals surface area contributed by atoms with Crippen molar-refractivity contribution < 1.29 is 5.21 Å². The second-order valence-corrected chi connectivity index (χ2v) is 4.19. The van der Waals surface area contributed by atoms with Crippen LogP contribution in [0.4, 0.5) is 0 Å². The van der Waals surface area contributed by atoms with E-state index >= 15 is 0 Å². The first-order valence-corrected chi connectivity index (χ1v) is 5.13. The molecule has 1 unspecified atom stereocenters. The van der Waals surface area contributed by atoms with E-state index in [4.69, 9.17) is 28.4 Å². The molecule has 1 aliphatic rings. The minimum absolute atomic E-state index is 0.171. The maximum atomic E-state index is 8.68. The summed E-state index contributed by atoms with van der Waals surface area (Å²) in [4.78, 5) is 0. The van der Waals surface area contributed by atoms with Crippen molar-refractivity contribution in [2.24, 2.45) is 5.16 Å². The predicted molar refractivity (Wildman–Crippen MR) is 57.7 cm³/mol. The highest BCUT2D eigenvalue weighted by molar-refractivity contribution is 6.35. The number of nitrogens with zero attached hydrogens (tertiary/aromatic N) is 1. The van der Waals surface area contributed by atoms with Crippen molar-refractivity contribution >= 4 is 28.9 Å². The van der Waals surface area contributed by atoms with Gasteiger partial charge in [-0.1, -0.05) is 34.4 Å². The van der Waals surface area contributed by atoms with Gasteiger partial charge in [0.1, 0.15) is 0 Å². The van der Waals surface area contributed by atoms with Gasteiger partial charge in [-0.15, -0.1) is 0 Å². The molecule has 1 aliphatic carbocycles. The Bertz CT molecular complexity index is 390. The maximum Gasteiger partial charge on any atom is 0.0646 e. The van der Waals surface area contributed by atoms with Crippen molar-refractivity contribution in [2.75, 3.05) is 0 Å². The average Bonchev–Trinajstić information content (AvgIpc) is 2.08. The molecule has 14 heavy (non-hydrogen) atoms. The van der Waals surface area contributed by atoms with Crippen LogP contribution in [0.15, 0.2) is 23.4 Å². The summed E-state index contributed by atoms with van der Waals surface area (Å²) in [6.45, 7) is 0. The Morgan fingerprint density at radius 2 is 2.14 bits per heavy atom. The first-order chi connectivity index (χ1) is 6.72. The molecule has 0 radical (unpaired) electrons. The fraction of sp³-hybridized carbons (Fsp3) is 0.300. The Balaban J connectivity index is 2.33. The van der Waals surface area contributed by atoms with Gasteiger partial charge in [0.2, 0.25) is 0 Å². The van der Waals surface area contributed by atoms with E-state index in [-0.39, 0.29) is 5.92 Å². The van der Waals surface area contributed by atoms with Gasteiger partial charge in [0.25, 0.3) is 0 Å². The summed E-state index contributed by atoms with van der Waals surface area (Å²) in [7, 11) is 0. The number of rotatable bonds is 1. The fourth-order valence-corrected chi connectivity index (χ4v) is 2.20. The minimum atomic E-state index is 0.171. The molecule has 1 saturated carbocycles. The third-order valence-corrected chi connectivity index (χ3v) is 3.12. The van der Waals surface area contributed by atoms with Crippen LogP contribution < -0.4 is 0 Å². The highest BCUT2D eigenvalue weighted by Gasteiger charge is 2.29. The first-order valence-electron chi connectivity index (χ1n) is 4.38. The topological polar surface area (TPSA) is 32.6 Å². The summed E-state index contributed by atoms with van der Waals surface area (Å²) in [5.74, 6) is 0.171. The molecule has 0 spiro atoms. The summed E-state index contributed by atoms with van der Waals surface area (Å²) in [6, 6.07) is 5.40. The highest BCUT2D eigenvalue weighted by Crippen LogP contribution is 2.38. The van der Waals surface area contributed by atoms with Crippen molar-refractivity contribution in [1.82, 2.24) is 0 Å². The van der Waals surface area contributed by atoms with E-state index < -0.39 is 0 Å². The molecular formula is C10H9Cl2NO. The lowest BCUT2D eigenvalue weighted by atomic mass is 9.78. The molecule has 0 heterocycles. The lowest BCUT2D eigenvalue weighted by Crippen LogP contribution is -2.23. The molecule has 4 heteroatoms. The molecule has 0 bridgehead atoms. The van der Waals surface area contributed by atoms with Crippen molar-refractivity contribution in [1.29, 1.82) is 0 Å². The molecule has 2 rings (SSSR count). The molecule has 0 aromatic heterocycles. The number of benzene rings is 1. The van der Waals surface area contributed by atoms with E-state index in [9.17, 15) is 0 Å². The smallest absolute Gasteiger partial charge is 0.0646 e. The number of hydrogen-bond donors (Lipinski definition) is 1. The third kappa shape index (κ3) is 1.60.